The van der Waals surface area contributed by atoms with E-state index in [1.807, 2.05) is 0 Å². The van der Waals surface area contributed by atoms with Gasteiger partial charge < -0.3 is 39.7 Å². The number of phenols is 3. The number of carbonyl (C=O) groups is 4. The molecule has 0 saturated carbocycles. The van der Waals surface area contributed by atoms with Crippen LogP contribution in [0, 0.1) is 0 Å². The predicted molar refractivity (Wildman–Crippen MR) is 118 cm³/mol. The summed E-state index contributed by atoms with van der Waals surface area (Å²) in [5.74, 6) is -7.22. The van der Waals surface area contributed by atoms with Crippen molar-refractivity contribution in [1.29, 1.82) is 0 Å². The molecule has 12 nitrogen and oxygen atoms in total. The third-order valence-electron chi connectivity index (χ3n) is 4.27. The van der Waals surface area contributed by atoms with Crippen molar-refractivity contribution in [1.82, 2.24) is 0 Å². The minimum atomic E-state index is -2.39. The van der Waals surface area contributed by atoms with Gasteiger partial charge in [-0.1, -0.05) is 12.1 Å². The highest BCUT2D eigenvalue weighted by atomic mass is 16.6. The number of hydrogen-bond donors (Lipinski definition) is 5. The Morgan fingerprint density at radius 2 is 1.17 bits per heavy atom. The van der Waals surface area contributed by atoms with Crippen LogP contribution in [0.2, 0.25) is 0 Å². The summed E-state index contributed by atoms with van der Waals surface area (Å²) in [6.45, 7) is 0. The van der Waals surface area contributed by atoms with Crippen molar-refractivity contribution in [2.24, 2.45) is 0 Å². The molecule has 0 amide bonds. The number of methoxy groups -OCH3 is 1. The summed E-state index contributed by atoms with van der Waals surface area (Å²) >= 11 is 0. The first-order valence-electron chi connectivity index (χ1n) is 9.63. The van der Waals surface area contributed by atoms with E-state index in [2.05, 4.69) is 9.47 Å². The van der Waals surface area contributed by atoms with E-state index >= 15 is 0 Å². The molecular formula is C23H20O12. The highest BCUT2D eigenvalue weighted by Crippen LogP contribution is 2.27. The first kappa shape index (κ1) is 26.3. The van der Waals surface area contributed by atoms with Gasteiger partial charge in [0, 0.05) is 12.2 Å². The monoisotopic (exact) mass is 488 g/mol. The molecule has 2 aromatic carbocycles. The fourth-order valence-corrected chi connectivity index (χ4v) is 2.58. The van der Waals surface area contributed by atoms with Crippen LogP contribution >= 0.6 is 0 Å². The molecule has 0 fully saturated rings. The van der Waals surface area contributed by atoms with Crippen molar-refractivity contribution in [2.45, 2.75) is 12.2 Å². The molecule has 0 aliphatic heterocycles. The molecule has 2 rings (SSSR count). The summed E-state index contributed by atoms with van der Waals surface area (Å²) in [5.41, 5.74) is 0.608. The molecule has 5 N–H and O–H groups in total. The van der Waals surface area contributed by atoms with E-state index < -0.39 is 47.6 Å². The number of esters is 2. The third kappa shape index (κ3) is 7.53. The number of carboxylic acid groups (broad SMARTS) is 2. The average Bonchev–Trinajstić information content (AvgIpc) is 2.81. The number of ether oxygens (including phenoxy) is 3. The Hall–Kier alpha value is -5.00. The number of carbonyl (C=O) groups excluding carboxylic acids is 2. The van der Waals surface area contributed by atoms with Gasteiger partial charge in [-0.25, -0.2) is 19.2 Å². The molecule has 2 aromatic rings. The van der Waals surface area contributed by atoms with E-state index in [-0.39, 0.29) is 17.1 Å². The van der Waals surface area contributed by atoms with Gasteiger partial charge in [0.05, 0.1) is 7.11 Å². The topological polar surface area (TPSA) is 197 Å². The molecule has 0 aliphatic rings. The highest BCUT2D eigenvalue weighted by Gasteiger charge is 2.40. The van der Waals surface area contributed by atoms with Crippen molar-refractivity contribution < 1.29 is 58.9 Å². The Bertz CT molecular complexity index is 1180. The molecule has 0 bridgehead atoms. The Labute approximate surface area is 197 Å². The number of phenolic OH excluding ortho intramolecular Hbond substituents is 3. The van der Waals surface area contributed by atoms with E-state index in [9.17, 15) is 44.7 Å². The fraction of sp³-hybridized carbons (Fsp3) is 0.130. The molecule has 184 valence electrons. The molecule has 0 radical (unpaired) electrons. The second-order valence-electron chi connectivity index (χ2n) is 6.74. The SMILES string of the molecule is COc1cc(/C=C/C(=O)OC(C(=O)O)C(OC(=O)/C=C/c2ccc(O)c(O)c2)C(=O)O)ccc1O. The minimum absolute atomic E-state index is 0.109. The zero-order valence-electron chi connectivity index (χ0n) is 18.0. The normalized spacial score (nSPS) is 12.7. The summed E-state index contributed by atoms with van der Waals surface area (Å²) in [6, 6.07) is 7.64. The summed E-state index contributed by atoms with van der Waals surface area (Å²) in [6.07, 6.45) is -0.907. The lowest BCUT2D eigenvalue weighted by atomic mass is 10.2. The largest absolute Gasteiger partial charge is 0.504 e. The summed E-state index contributed by atoms with van der Waals surface area (Å²) < 4.78 is 14.3. The summed E-state index contributed by atoms with van der Waals surface area (Å²) in [7, 11) is 1.31. The maximum absolute atomic E-state index is 12.1. The van der Waals surface area contributed by atoms with Crippen molar-refractivity contribution in [3.63, 3.8) is 0 Å². The third-order valence-corrected chi connectivity index (χ3v) is 4.27. The molecule has 2 unspecified atom stereocenters. The first-order valence-corrected chi connectivity index (χ1v) is 9.63. The number of aliphatic carboxylic acids is 2. The van der Waals surface area contributed by atoms with Crippen molar-refractivity contribution >= 4 is 36.0 Å². The van der Waals surface area contributed by atoms with Crippen LogP contribution < -0.4 is 4.74 Å². The minimum Gasteiger partial charge on any atom is -0.504 e. The summed E-state index contributed by atoms with van der Waals surface area (Å²) in [5, 5.41) is 47.0. The molecule has 2 atom stereocenters. The average molecular weight is 488 g/mol. The van der Waals surface area contributed by atoms with Crippen molar-refractivity contribution in [3.8, 4) is 23.0 Å². The quantitative estimate of drug-likeness (QED) is 0.184. The van der Waals surface area contributed by atoms with Gasteiger partial charge >= 0.3 is 23.9 Å². The van der Waals surface area contributed by atoms with E-state index in [0.29, 0.717) is 5.56 Å². The smallest absolute Gasteiger partial charge is 0.349 e. The maximum Gasteiger partial charge on any atom is 0.349 e. The van der Waals surface area contributed by atoms with Gasteiger partial charge in [0.25, 0.3) is 0 Å². The highest BCUT2D eigenvalue weighted by molar-refractivity contribution is 5.93. The zero-order chi connectivity index (χ0) is 26.1. The maximum atomic E-state index is 12.1. The Balaban J connectivity index is 2.12. The fourth-order valence-electron chi connectivity index (χ4n) is 2.58. The van der Waals surface area contributed by atoms with E-state index in [1.54, 1.807) is 0 Å². The van der Waals surface area contributed by atoms with Crippen LogP contribution in [0.1, 0.15) is 11.1 Å². The van der Waals surface area contributed by atoms with Crippen LogP contribution in [0.4, 0.5) is 0 Å². The van der Waals surface area contributed by atoms with Crippen LogP contribution in [0.3, 0.4) is 0 Å². The summed E-state index contributed by atoms with van der Waals surface area (Å²) in [4.78, 5) is 47.2. The lowest BCUT2D eigenvalue weighted by Crippen LogP contribution is -2.45. The van der Waals surface area contributed by atoms with Crippen LogP contribution in [0.25, 0.3) is 12.2 Å². The van der Waals surface area contributed by atoms with Gasteiger partial charge in [0.15, 0.2) is 23.0 Å². The first-order chi connectivity index (χ1) is 16.5. The van der Waals surface area contributed by atoms with Crippen LogP contribution in [0.5, 0.6) is 23.0 Å². The Morgan fingerprint density at radius 3 is 1.60 bits per heavy atom. The van der Waals surface area contributed by atoms with E-state index in [4.69, 9.17) is 4.74 Å². The van der Waals surface area contributed by atoms with Gasteiger partial charge in [-0.15, -0.1) is 0 Å². The van der Waals surface area contributed by atoms with Gasteiger partial charge in [0.2, 0.25) is 12.2 Å². The molecule has 0 saturated heterocycles. The van der Waals surface area contributed by atoms with Crippen LogP contribution in [0.15, 0.2) is 48.6 Å². The van der Waals surface area contributed by atoms with Gasteiger partial charge in [-0.05, 0) is 47.5 Å². The molecule has 0 aromatic heterocycles. The molecule has 0 spiro atoms. The molecule has 12 heteroatoms. The Morgan fingerprint density at radius 1 is 0.714 bits per heavy atom. The van der Waals surface area contributed by atoms with Gasteiger partial charge in [-0.3, -0.25) is 0 Å². The zero-order valence-corrected chi connectivity index (χ0v) is 18.0. The van der Waals surface area contributed by atoms with Crippen molar-refractivity contribution in [3.05, 3.63) is 59.7 Å². The predicted octanol–water partition coefficient (Wildman–Crippen LogP) is 1.53. The number of aromatic hydroxyl groups is 3. The molecule has 35 heavy (non-hydrogen) atoms. The van der Waals surface area contributed by atoms with Gasteiger partial charge in [0.1, 0.15) is 0 Å². The lowest BCUT2D eigenvalue weighted by molar-refractivity contribution is -0.183. The second-order valence-corrected chi connectivity index (χ2v) is 6.74. The van der Waals surface area contributed by atoms with Crippen LogP contribution in [-0.4, -0.2) is 68.7 Å². The molecular weight excluding hydrogens is 468 g/mol. The molecule has 0 aliphatic carbocycles. The van der Waals surface area contributed by atoms with E-state index in [0.717, 1.165) is 30.4 Å². The lowest BCUT2D eigenvalue weighted by Gasteiger charge is -2.19. The molecule has 0 heterocycles. The Kier molecular flexibility index (Phi) is 8.81. The van der Waals surface area contributed by atoms with Crippen molar-refractivity contribution in [2.75, 3.05) is 7.11 Å². The van der Waals surface area contributed by atoms with E-state index in [1.165, 1.54) is 37.5 Å². The number of hydrogen-bond acceptors (Lipinski definition) is 10. The van der Waals surface area contributed by atoms with Gasteiger partial charge in [-0.2, -0.15) is 0 Å². The number of rotatable bonds is 10. The number of benzene rings is 2. The standard InChI is InChI=1S/C23H20O12/c1-33-17-11-13(3-7-15(17)25)5-9-19(28)35-21(23(31)32)20(22(29)30)34-18(27)8-4-12-2-6-14(24)16(26)10-12/h2-11,20-21,24-26H,1H3,(H,29,30)(H,31,32)/b8-4+,9-5+. The van der Waals surface area contributed by atoms with Crippen LogP contribution in [-0.2, 0) is 28.7 Å². The second kappa shape index (κ2) is 11.7. The number of carboxylic acids is 2.